The number of esters is 1. The van der Waals surface area contributed by atoms with Crippen LogP contribution >= 0.6 is 0 Å². The van der Waals surface area contributed by atoms with Crippen molar-refractivity contribution in [2.45, 2.75) is 19.1 Å². The predicted octanol–water partition coefficient (Wildman–Crippen LogP) is 0.781. The number of nitrogens with zero attached hydrogens (tertiary/aromatic N) is 1. The molecule has 1 rings (SSSR count). The molecule has 90 valence electrons. The highest BCUT2D eigenvalue weighted by molar-refractivity contribution is 5.89. The summed E-state index contributed by atoms with van der Waals surface area (Å²) in [6.07, 6.45) is -2.76. The zero-order valence-corrected chi connectivity index (χ0v) is 9.33. The van der Waals surface area contributed by atoms with Gasteiger partial charge in [-0.25, -0.2) is 4.79 Å². The van der Waals surface area contributed by atoms with Crippen LogP contribution in [0, 0.1) is 11.3 Å². The Hall–Kier alpha value is -1.90. The highest BCUT2D eigenvalue weighted by atomic mass is 16.5. The molecule has 0 aliphatic heterocycles. The summed E-state index contributed by atoms with van der Waals surface area (Å²) in [5.41, 5.74) is 0.723. The van der Waals surface area contributed by atoms with Gasteiger partial charge in [0.1, 0.15) is 6.10 Å². The van der Waals surface area contributed by atoms with E-state index >= 15 is 0 Å². The van der Waals surface area contributed by atoms with Gasteiger partial charge in [0.05, 0.1) is 18.2 Å². The first-order valence-corrected chi connectivity index (χ1v) is 5.13. The van der Waals surface area contributed by atoms with Crippen LogP contribution in [0.4, 0.5) is 0 Å². The quantitative estimate of drug-likeness (QED) is 0.594. The first-order valence-electron chi connectivity index (χ1n) is 5.13. The summed E-state index contributed by atoms with van der Waals surface area (Å²) >= 11 is 0. The molecule has 2 N–H and O–H groups in total. The topological polar surface area (TPSA) is 90.6 Å². The zero-order valence-electron chi connectivity index (χ0n) is 9.33. The van der Waals surface area contributed by atoms with E-state index in [0.29, 0.717) is 11.1 Å². The summed E-state index contributed by atoms with van der Waals surface area (Å²) in [5, 5.41) is 27.1. The second-order valence-corrected chi connectivity index (χ2v) is 3.36. The molecule has 5 nitrogen and oxygen atoms in total. The molecule has 5 heteroatoms. The minimum absolute atomic E-state index is 0.288. The van der Waals surface area contributed by atoms with E-state index in [4.69, 9.17) is 15.1 Å². The van der Waals surface area contributed by atoms with Crippen LogP contribution in [0.2, 0.25) is 0 Å². The van der Waals surface area contributed by atoms with Crippen LogP contribution in [0.1, 0.15) is 28.9 Å². The lowest BCUT2D eigenvalue weighted by Gasteiger charge is -2.12. The Bertz CT molecular complexity index is 421. The second-order valence-electron chi connectivity index (χ2n) is 3.36. The van der Waals surface area contributed by atoms with Gasteiger partial charge in [-0.15, -0.1) is 0 Å². The second kappa shape index (κ2) is 5.99. The van der Waals surface area contributed by atoms with Crippen molar-refractivity contribution in [3.63, 3.8) is 0 Å². The SMILES string of the molecule is CCOC(=O)c1ccc(C(O)C(O)C#N)cc1. The molecule has 1 aromatic rings. The van der Waals surface area contributed by atoms with Crippen molar-refractivity contribution in [1.82, 2.24) is 0 Å². The summed E-state index contributed by atoms with van der Waals surface area (Å²) in [5.74, 6) is -0.450. The van der Waals surface area contributed by atoms with Gasteiger partial charge in [0, 0.05) is 0 Å². The zero-order chi connectivity index (χ0) is 12.8. The van der Waals surface area contributed by atoms with E-state index in [1.165, 1.54) is 30.3 Å². The van der Waals surface area contributed by atoms with E-state index in [-0.39, 0.29) is 6.61 Å². The maximum Gasteiger partial charge on any atom is 0.338 e. The summed E-state index contributed by atoms with van der Waals surface area (Å²) in [4.78, 5) is 11.3. The molecule has 0 spiro atoms. The van der Waals surface area contributed by atoms with E-state index in [2.05, 4.69) is 0 Å². The van der Waals surface area contributed by atoms with Gasteiger partial charge in [-0.05, 0) is 24.6 Å². The Labute approximate surface area is 98.9 Å². The smallest absolute Gasteiger partial charge is 0.338 e. The molecular weight excluding hydrogens is 222 g/mol. The van der Waals surface area contributed by atoms with Crippen molar-refractivity contribution < 1.29 is 19.7 Å². The minimum Gasteiger partial charge on any atom is -0.462 e. The minimum atomic E-state index is -1.48. The molecule has 2 unspecified atom stereocenters. The van der Waals surface area contributed by atoms with E-state index in [9.17, 15) is 9.90 Å². The normalized spacial score (nSPS) is 13.5. The van der Waals surface area contributed by atoms with Gasteiger partial charge < -0.3 is 14.9 Å². The number of benzene rings is 1. The van der Waals surface area contributed by atoms with Gasteiger partial charge in [-0.2, -0.15) is 5.26 Å². The third-order valence-corrected chi connectivity index (χ3v) is 2.19. The van der Waals surface area contributed by atoms with Crippen LogP contribution in [0.15, 0.2) is 24.3 Å². The lowest BCUT2D eigenvalue weighted by molar-refractivity contribution is 0.0516. The highest BCUT2D eigenvalue weighted by Gasteiger charge is 2.17. The van der Waals surface area contributed by atoms with Gasteiger partial charge in [0.2, 0.25) is 0 Å². The number of aliphatic hydroxyl groups excluding tert-OH is 2. The van der Waals surface area contributed by atoms with Crippen LogP contribution in [0.25, 0.3) is 0 Å². The van der Waals surface area contributed by atoms with Crippen molar-refractivity contribution in [2.75, 3.05) is 6.61 Å². The molecule has 0 amide bonds. The van der Waals surface area contributed by atoms with Gasteiger partial charge in [-0.3, -0.25) is 0 Å². The van der Waals surface area contributed by atoms with E-state index in [1.807, 2.05) is 0 Å². The molecule has 0 saturated carbocycles. The fourth-order valence-corrected chi connectivity index (χ4v) is 1.28. The molecule has 0 bridgehead atoms. The molecule has 17 heavy (non-hydrogen) atoms. The van der Waals surface area contributed by atoms with E-state index in [1.54, 1.807) is 6.92 Å². The molecule has 0 radical (unpaired) electrons. The molecule has 0 aliphatic carbocycles. The fraction of sp³-hybridized carbons (Fsp3) is 0.333. The van der Waals surface area contributed by atoms with E-state index < -0.39 is 18.2 Å². The highest BCUT2D eigenvalue weighted by Crippen LogP contribution is 2.17. The standard InChI is InChI=1S/C12H13NO4/c1-2-17-12(16)9-5-3-8(4-6-9)11(15)10(14)7-13/h3-6,10-11,14-15H,2H2,1H3. The fourth-order valence-electron chi connectivity index (χ4n) is 1.28. The van der Waals surface area contributed by atoms with Crippen LogP contribution in [-0.2, 0) is 4.74 Å². The molecule has 0 fully saturated rings. The van der Waals surface area contributed by atoms with Crippen LogP contribution in [0.3, 0.4) is 0 Å². The third-order valence-electron chi connectivity index (χ3n) is 2.19. The summed E-state index contributed by atoms with van der Waals surface area (Å²) in [7, 11) is 0. The summed E-state index contributed by atoms with van der Waals surface area (Å²) < 4.78 is 4.79. The van der Waals surface area contributed by atoms with Crippen molar-refractivity contribution in [1.29, 1.82) is 5.26 Å². The van der Waals surface area contributed by atoms with Crippen LogP contribution in [0.5, 0.6) is 0 Å². The average molecular weight is 235 g/mol. The monoisotopic (exact) mass is 235 g/mol. The lowest BCUT2D eigenvalue weighted by atomic mass is 10.0. The molecule has 1 aromatic carbocycles. The Kier molecular flexibility index (Phi) is 4.64. The lowest BCUT2D eigenvalue weighted by Crippen LogP contribution is -2.15. The number of hydrogen-bond donors (Lipinski definition) is 2. The third kappa shape index (κ3) is 3.28. The summed E-state index contributed by atoms with van der Waals surface area (Å²) in [6, 6.07) is 7.42. The van der Waals surface area contributed by atoms with Crippen LogP contribution < -0.4 is 0 Å². The Morgan fingerprint density at radius 3 is 2.47 bits per heavy atom. The average Bonchev–Trinajstić information content (AvgIpc) is 2.37. The molecule has 0 aromatic heterocycles. The van der Waals surface area contributed by atoms with Gasteiger partial charge in [0.15, 0.2) is 6.10 Å². The van der Waals surface area contributed by atoms with Gasteiger partial charge in [-0.1, -0.05) is 12.1 Å². The molecule has 0 aliphatic rings. The first-order chi connectivity index (χ1) is 8.10. The summed E-state index contributed by atoms with van der Waals surface area (Å²) in [6.45, 7) is 2.00. The van der Waals surface area contributed by atoms with Crippen molar-refractivity contribution in [2.24, 2.45) is 0 Å². The van der Waals surface area contributed by atoms with Crippen molar-refractivity contribution in [3.05, 3.63) is 35.4 Å². The molecular formula is C12H13NO4. The van der Waals surface area contributed by atoms with Crippen molar-refractivity contribution in [3.8, 4) is 6.07 Å². The Morgan fingerprint density at radius 1 is 1.41 bits per heavy atom. The number of rotatable bonds is 4. The number of carbonyl (C=O) groups is 1. The number of aliphatic hydroxyl groups is 2. The molecule has 0 heterocycles. The maximum atomic E-state index is 11.3. The molecule has 2 atom stereocenters. The van der Waals surface area contributed by atoms with E-state index in [0.717, 1.165) is 0 Å². The van der Waals surface area contributed by atoms with Crippen LogP contribution in [-0.4, -0.2) is 28.9 Å². The van der Waals surface area contributed by atoms with Crippen molar-refractivity contribution >= 4 is 5.97 Å². The number of hydrogen-bond acceptors (Lipinski definition) is 5. The first kappa shape index (κ1) is 13.2. The Morgan fingerprint density at radius 2 is 2.00 bits per heavy atom. The maximum absolute atomic E-state index is 11.3. The number of carbonyl (C=O) groups excluding carboxylic acids is 1. The van der Waals surface area contributed by atoms with Gasteiger partial charge in [0.25, 0.3) is 0 Å². The largest absolute Gasteiger partial charge is 0.462 e. The van der Waals surface area contributed by atoms with Gasteiger partial charge >= 0.3 is 5.97 Å². The predicted molar refractivity (Wildman–Crippen MR) is 59.0 cm³/mol. The number of nitriles is 1. The number of ether oxygens (including phenoxy) is 1. The molecule has 0 saturated heterocycles. The Balaban J connectivity index is 2.82.